The molecule has 0 bridgehead atoms. The van der Waals surface area contributed by atoms with Gasteiger partial charge in [0.25, 0.3) is 0 Å². The van der Waals surface area contributed by atoms with Crippen LogP contribution < -0.4 is 34.0 Å². The van der Waals surface area contributed by atoms with Crippen LogP contribution in [0.1, 0.15) is 118 Å². The first kappa shape index (κ1) is 88.0. The molecule has 0 aliphatic carbocycles. The number of thioether (sulfide) groups is 1. The Balaban J connectivity index is 0.666. The number of hydrogen-bond donors (Lipinski definition) is 0. The average molecular weight is 1780 g/mol. The summed E-state index contributed by atoms with van der Waals surface area (Å²) < 4.78 is 24.4. The molecule has 10 nitrogen and oxygen atoms in total. The SMILES string of the molecule is CCCCOc1ccc2c3ccc(C)cc3n(-c3ccc(N(c4ccc(C)cc4)c4ccc(N(c5ccc(N(c6ccc(N(c7ccc(-c8ccc(N(c9ccc(C)cc9)c9ccc(SCCCC)cc9)cc8)cc7)c7ccc8c(c7)oc7cc(CCCC)ccc78)cc6)c6cc(C)ccc6C)cc5)c5ccc(-n6c7cc(C)ccc7c7ccc(OCCCC)cc76)cc5)cc4)cc3)c2c1. The summed E-state index contributed by atoms with van der Waals surface area (Å²) >= 11 is 1.93. The van der Waals surface area contributed by atoms with Crippen molar-refractivity contribution in [3.05, 3.63) is 409 Å². The molecule has 0 fully saturated rings. The number of ether oxygens (including phenoxy) is 2. The Morgan fingerprint density at radius 3 is 0.985 bits per heavy atom. The lowest BCUT2D eigenvalue weighted by atomic mass is 10.0. The maximum atomic E-state index is 6.87. The Labute approximate surface area is 798 Å². The molecular formula is C124H115N7O3S. The lowest BCUT2D eigenvalue weighted by molar-refractivity contribution is 0.309. The highest BCUT2D eigenvalue weighted by molar-refractivity contribution is 7.99. The van der Waals surface area contributed by atoms with Gasteiger partial charge in [-0.25, -0.2) is 0 Å². The van der Waals surface area contributed by atoms with Crippen molar-refractivity contribution in [3.8, 4) is 34.0 Å². The van der Waals surface area contributed by atoms with Crippen LogP contribution in [0.4, 0.5) is 85.3 Å². The van der Waals surface area contributed by atoms with Crippen molar-refractivity contribution in [1.29, 1.82) is 0 Å². The van der Waals surface area contributed by atoms with Crippen molar-refractivity contribution in [1.82, 2.24) is 9.13 Å². The summed E-state index contributed by atoms with van der Waals surface area (Å²) in [6, 6.07) is 137. The number of benzene rings is 17. The Kier molecular flexibility index (Phi) is 25.5. The maximum Gasteiger partial charge on any atom is 0.137 e. The van der Waals surface area contributed by atoms with Gasteiger partial charge >= 0.3 is 0 Å². The third-order valence-electron chi connectivity index (χ3n) is 26.4. The van der Waals surface area contributed by atoms with Gasteiger partial charge in [-0.3, -0.25) is 0 Å². The molecule has 0 aliphatic rings. The van der Waals surface area contributed by atoms with Crippen LogP contribution in [0, 0.1) is 41.5 Å². The largest absolute Gasteiger partial charge is 0.494 e. The minimum atomic E-state index is 0.673. The molecule has 0 spiro atoms. The molecule has 0 aliphatic heterocycles. The van der Waals surface area contributed by atoms with Gasteiger partial charge in [-0.15, -0.1) is 11.8 Å². The van der Waals surface area contributed by atoms with E-state index in [1.165, 1.54) is 78.2 Å². The van der Waals surface area contributed by atoms with E-state index in [9.17, 15) is 0 Å². The Morgan fingerprint density at radius 1 is 0.259 bits per heavy atom. The first-order valence-electron chi connectivity index (χ1n) is 48.1. The topological polar surface area (TPSA) is 57.7 Å². The van der Waals surface area contributed by atoms with Crippen LogP contribution in [-0.2, 0) is 6.42 Å². The number of anilines is 15. The summed E-state index contributed by atoms with van der Waals surface area (Å²) in [5, 5.41) is 7.02. The van der Waals surface area contributed by atoms with Gasteiger partial charge in [0, 0.05) is 152 Å². The van der Waals surface area contributed by atoms with E-state index in [1.807, 2.05) is 11.8 Å². The number of unbranched alkanes of at least 4 members (excludes halogenated alkanes) is 4. The first-order chi connectivity index (χ1) is 66.2. The molecule has 670 valence electrons. The first-order valence-corrected chi connectivity index (χ1v) is 49.1. The molecule has 3 heterocycles. The van der Waals surface area contributed by atoms with E-state index in [0.717, 1.165) is 214 Å². The van der Waals surface area contributed by atoms with Gasteiger partial charge in [0.2, 0.25) is 0 Å². The second kappa shape index (κ2) is 39.1. The van der Waals surface area contributed by atoms with E-state index in [1.54, 1.807) is 0 Å². The van der Waals surface area contributed by atoms with E-state index in [2.05, 4.69) is 473 Å². The highest BCUT2D eigenvalue weighted by Crippen LogP contribution is 2.49. The zero-order valence-corrected chi connectivity index (χ0v) is 79.8. The summed E-state index contributed by atoms with van der Waals surface area (Å²) in [4.78, 5) is 13.2. The highest BCUT2D eigenvalue weighted by Gasteiger charge is 2.26. The molecule has 0 radical (unpaired) electrons. The quantitative estimate of drug-likeness (QED) is 0.0296. The molecule has 135 heavy (non-hydrogen) atoms. The summed E-state index contributed by atoms with van der Waals surface area (Å²) in [6.07, 6.45) is 9.84. The van der Waals surface area contributed by atoms with Crippen molar-refractivity contribution in [2.24, 2.45) is 0 Å². The number of hydrogen-bond acceptors (Lipinski definition) is 9. The van der Waals surface area contributed by atoms with Crippen LogP contribution in [0.15, 0.2) is 379 Å². The fraction of sp³-hybridized carbons (Fsp3) is 0.177. The van der Waals surface area contributed by atoms with Crippen molar-refractivity contribution in [2.75, 3.05) is 43.5 Å². The highest BCUT2D eigenvalue weighted by atomic mass is 32.2. The van der Waals surface area contributed by atoms with E-state index >= 15 is 0 Å². The van der Waals surface area contributed by atoms with Crippen LogP contribution >= 0.6 is 11.8 Å². The summed E-state index contributed by atoms with van der Waals surface area (Å²) in [5.41, 5.74) is 34.8. The van der Waals surface area contributed by atoms with Gasteiger partial charge in [0.05, 0.1) is 35.3 Å². The Morgan fingerprint density at radius 2 is 0.570 bits per heavy atom. The minimum absolute atomic E-state index is 0.673. The molecule has 20 rings (SSSR count). The van der Waals surface area contributed by atoms with Crippen LogP contribution in [-0.4, -0.2) is 28.1 Å². The van der Waals surface area contributed by atoms with Crippen LogP contribution in [0.25, 0.3) is 88.1 Å². The average Bonchev–Trinajstić information content (AvgIpc) is 1.59. The third-order valence-corrected chi connectivity index (χ3v) is 27.5. The molecule has 3 aromatic heterocycles. The monoisotopic (exact) mass is 1780 g/mol. The van der Waals surface area contributed by atoms with Crippen LogP contribution in [0.2, 0.25) is 0 Å². The van der Waals surface area contributed by atoms with Crippen molar-refractivity contribution >= 4 is 163 Å². The normalized spacial score (nSPS) is 11.6. The zero-order chi connectivity index (χ0) is 92.2. The standard InChI is InChI=1S/C124H115N7O3S/c1-11-15-19-90-28-70-116-117-71-63-108(81-124(117)134-123(116)80-90)128(96-39-31-92(32-40-96)91-29-37-95(38-30-91)125(93-33-21-84(5)22-34-93)103-61-66-111(67-62-103)135-76-18-14-4)102-47-55-105(56-48-102)129(118-77-86(7)20-27-89(118)10)104-53-45-99(46-54-104)127(101-51-59-107(60-52-101)131-120-79-88(9)26-69-113(120)115-73-65-110(83-122(115)131)133-75-17-13-3)98-43-41-97(42-44-98)126(94-35-23-85(6)24-36-94)100-49-57-106(58-50-100)130-119-78-87(8)25-68-112(119)114-72-64-109(82-121(114)130)132-74-16-12-2/h20-73,77-83H,11-19,74-76H2,1-10H3. The molecule has 0 atom stereocenters. The molecule has 17 aromatic carbocycles. The molecule has 0 saturated heterocycles. The minimum Gasteiger partial charge on any atom is -0.494 e. The van der Waals surface area contributed by atoms with Gasteiger partial charge in [0.1, 0.15) is 22.7 Å². The van der Waals surface area contributed by atoms with Crippen LogP contribution in [0.5, 0.6) is 11.5 Å². The number of aromatic nitrogens is 2. The fourth-order valence-corrected chi connectivity index (χ4v) is 20.1. The molecule has 0 amide bonds. The van der Waals surface area contributed by atoms with E-state index in [-0.39, 0.29) is 0 Å². The summed E-state index contributed by atoms with van der Waals surface area (Å²) in [5.74, 6) is 2.88. The number of fused-ring (bicyclic) bond motifs is 9. The predicted molar refractivity (Wildman–Crippen MR) is 575 cm³/mol. The maximum absolute atomic E-state index is 6.87. The second-order valence-corrected chi connectivity index (χ2v) is 37.4. The smallest absolute Gasteiger partial charge is 0.137 e. The number of furan rings is 1. The van der Waals surface area contributed by atoms with Gasteiger partial charge in [0.15, 0.2) is 0 Å². The second-order valence-electron chi connectivity index (χ2n) is 36.2. The zero-order valence-electron chi connectivity index (χ0n) is 79.0. The van der Waals surface area contributed by atoms with E-state index in [0.29, 0.717) is 13.2 Å². The van der Waals surface area contributed by atoms with Crippen LogP contribution in [0.3, 0.4) is 0 Å². The molecule has 0 N–H and O–H groups in total. The number of aryl methyl sites for hydroxylation is 7. The number of rotatable bonds is 33. The van der Waals surface area contributed by atoms with E-state index < -0.39 is 0 Å². The Bertz CT molecular complexity index is 7590. The van der Waals surface area contributed by atoms with Crippen molar-refractivity contribution < 1.29 is 13.9 Å². The number of nitrogens with zero attached hydrogens (tertiary/aromatic N) is 7. The summed E-state index contributed by atoms with van der Waals surface area (Å²) in [7, 11) is 0. The van der Waals surface area contributed by atoms with Gasteiger partial charge < -0.3 is 47.5 Å². The van der Waals surface area contributed by atoms with Gasteiger partial charge in [-0.2, -0.15) is 0 Å². The molecule has 20 aromatic rings. The van der Waals surface area contributed by atoms with Crippen molar-refractivity contribution in [3.63, 3.8) is 0 Å². The molecule has 0 unspecified atom stereocenters. The Hall–Kier alpha value is -14.9. The fourth-order valence-electron chi connectivity index (χ4n) is 19.1. The lowest BCUT2D eigenvalue weighted by Crippen LogP contribution is -2.14. The molecular weight excluding hydrogens is 1670 g/mol. The van der Waals surface area contributed by atoms with Gasteiger partial charge in [-0.1, -0.05) is 162 Å². The lowest BCUT2D eigenvalue weighted by Gasteiger charge is -2.31. The van der Waals surface area contributed by atoms with E-state index in [4.69, 9.17) is 13.9 Å². The molecule has 11 heteroatoms. The van der Waals surface area contributed by atoms with Gasteiger partial charge in [-0.05, 0) is 373 Å². The third kappa shape index (κ3) is 18.3. The van der Waals surface area contributed by atoms with Crippen molar-refractivity contribution in [2.45, 2.75) is 132 Å². The predicted octanol–water partition coefficient (Wildman–Crippen LogP) is 36.2. The summed E-state index contributed by atoms with van der Waals surface area (Å²) in [6.45, 7) is 23.3. The molecule has 0 saturated carbocycles.